The van der Waals surface area contributed by atoms with Crippen molar-refractivity contribution in [1.29, 1.82) is 0 Å². The number of nitrogens with zero attached hydrogens (tertiary/aromatic N) is 2. The molecule has 248 valence electrons. The van der Waals surface area contributed by atoms with Crippen molar-refractivity contribution >= 4 is 18.0 Å². The van der Waals surface area contributed by atoms with E-state index < -0.39 is 11.7 Å². The number of carbonyl (C=O) groups is 2. The van der Waals surface area contributed by atoms with Crippen LogP contribution in [0.15, 0.2) is 48.7 Å². The highest BCUT2D eigenvalue weighted by Gasteiger charge is 2.48. The Balaban J connectivity index is 0.000000186. The molecule has 1 amide bonds. The Bertz CT molecular complexity index is 1490. The normalized spacial score (nSPS) is 19.1. The summed E-state index contributed by atoms with van der Waals surface area (Å²) >= 11 is 0. The molecule has 12 heteroatoms. The summed E-state index contributed by atoms with van der Waals surface area (Å²) in [5.41, 5.74) is 6.33. The molecule has 3 aromatic rings. The third kappa shape index (κ3) is 8.83. The van der Waals surface area contributed by atoms with Crippen LogP contribution in [0.1, 0.15) is 70.6 Å². The number of carbonyl (C=O) groups excluding carboxylic acids is 2. The maximum atomic E-state index is 13.0. The number of aldehydes is 1. The van der Waals surface area contributed by atoms with Crippen LogP contribution in [0.4, 0.5) is 19.0 Å². The molecule has 1 aromatic heterocycles. The highest BCUT2D eigenvalue weighted by Crippen LogP contribution is 2.54. The number of likely N-dealkylation sites (tertiary alicyclic amines) is 1. The molecule has 46 heavy (non-hydrogen) atoms. The average molecular weight is 642 g/mol. The predicted octanol–water partition coefficient (Wildman–Crippen LogP) is 5.92. The van der Waals surface area contributed by atoms with E-state index in [9.17, 15) is 22.8 Å². The minimum atomic E-state index is -4.41. The van der Waals surface area contributed by atoms with Crippen LogP contribution in [0.2, 0.25) is 0 Å². The fourth-order valence-electron chi connectivity index (χ4n) is 5.69. The average Bonchev–Trinajstić information content (AvgIpc) is 3.74. The quantitative estimate of drug-likeness (QED) is 0.294. The van der Waals surface area contributed by atoms with E-state index in [1.807, 2.05) is 37.2 Å². The number of hydrogen-bond acceptors (Lipinski definition) is 8. The van der Waals surface area contributed by atoms with Crippen molar-refractivity contribution in [3.05, 3.63) is 76.5 Å². The number of nitrogens with two attached hydrogens (primary N) is 1. The van der Waals surface area contributed by atoms with Crippen molar-refractivity contribution in [3.8, 4) is 17.2 Å². The first kappa shape index (κ1) is 34.9. The monoisotopic (exact) mass is 641 g/mol. The second-order valence-electron chi connectivity index (χ2n) is 11.4. The second kappa shape index (κ2) is 16.0. The Morgan fingerprint density at radius 2 is 1.83 bits per heavy atom. The third-order valence-electron chi connectivity index (χ3n) is 7.91. The number of ether oxygens (including phenoxy) is 2. The predicted molar refractivity (Wildman–Crippen MR) is 171 cm³/mol. The lowest BCUT2D eigenvalue weighted by Gasteiger charge is -2.27. The number of anilines is 1. The molecule has 4 heterocycles. The van der Waals surface area contributed by atoms with Crippen LogP contribution in [0.3, 0.4) is 0 Å². The number of amides is 1. The van der Waals surface area contributed by atoms with Gasteiger partial charge in [-0.15, -0.1) is 0 Å². The minimum Gasteiger partial charge on any atom is -0.489 e. The van der Waals surface area contributed by atoms with Crippen LogP contribution >= 0.6 is 0 Å². The molecule has 2 atom stereocenters. The second-order valence-corrected chi connectivity index (χ2v) is 11.4. The Morgan fingerprint density at radius 1 is 1.09 bits per heavy atom. The van der Waals surface area contributed by atoms with Gasteiger partial charge >= 0.3 is 6.18 Å². The largest absolute Gasteiger partial charge is 0.489 e. The first-order chi connectivity index (χ1) is 22.2. The first-order valence-electron chi connectivity index (χ1n) is 15.5. The van der Waals surface area contributed by atoms with Gasteiger partial charge in [0.1, 0.15) is 35.5 Å². The van der Waals surface area contributed by atoms with Gasteiger partial charge in [-0.05, 0) is 95.8 Å². The van der Waals surface area contributed by atoms with Crippen LogP contribution in [-0.2, 0) is 23.9 Å². The molecule has 2 fully saturated rings. The van der Waals surface area contributed by atoms with Crippen molar-refractivity contribution in [2.45, 2.75) is 63.3 Å². The smallest absolute Gasteiger partial charge is 0.416 e. The highest BCUT2D eigenvalue weighted by atomic mass is 19.4. The highest BCUT2D eigenvalue weighted by molar-refractivity contribution is 5.93. The van der Waals surface area contributed by atoms with Crippen molar-refractivity contribution in [3.63, 3.8) is 0 Å². The van der Waals surface area contributed by atoms with Gasteiger partial charge in [-0.1, -0.05) is 18.6 Å². The van der Waals surface area contributed by atoms with Gasteiger partial charge in [0, 0.05) is 41.8 Å². The number of piperidine rings is 1. The summed E-state index contributed by atoms with van der Waals surface area (Å²) in [5, 5.41) is 5.54. The molecule has 0 spiro atoms. The third-order valence-corrected chi connectivity index (χ3v) is 7.91. The summed E-state index contributed by atoms with van der Waals surface area (Å²) in [6.07, 6.45) is 3.53. The number of aromatic nitrogens is 1. The molecule has 9 nitrogen and oxygen atoms in total. The molecule has 2 unspecified atom stereocenters. The van der Waals surface area contributed by atoms with Crippen LogP contribution in [0, 0.1) is 0 Å². The van der Waals surface area contributed by atoms with Crippen molar-refractivity contribution in [2.75, 3.05) is 39.5 Å². The zero-order valence-corrected chi connectivity index (χ0v) is 26.5. The fourth-order valence-corrected chi connectivity index (χ4v) is 5.69. The van der Waals surface area contributed by atoms with Crippen molar-refractivity contribution in [1.82, 2.24) is 15.2 Å². The Hall–Kier alpha value is -4.00. The Labute approximate surface area is 267 Å². The molecule has 1 aliphatic carbocycles. The van der Waals surface area contributed by atoms with Crippen molar-refractivity contribution in [2.24, 2.45) is 5.73 Å². The van der Waals surface area contributed by atoms with Gasteiger partial charge in [0.25, 0.3) is 0 Å². The van der Waals surface area contributed by atoms with Gasteiger partial charge in [-0.25, -0.2) is 4.98 Å². The van der Waals surface area contributed by atoms with Crippen LogP contribution < -0.4 is 25.8 Å². The number of alkyl halides is 3. The number of rotatable bonds is 5. The van der Waals surface area contributed by atoms with Gasteiger partial charge in [-0.2, -0.15) is 13.2 Å². The number of halogens is 3. The van der Waals surface area contributed by atoms with Gasteiger partial charge in [0.15, 0.2) is 0 Å². The van der Waals surface area contributed by atoms with Gasteiger partial charge in [0.2, 0.25) is 5.91 Å². The topological polar surface area (TPSA) is 119 Å². The zero-order valence-electron chi connectivity index (χ0n) is 26.5. The van der Waals surface area contributed by atoms with E-state index in [0.29, 0.717) is 43.5 Å². The summed E-state index contributed by atoms with van der Waals surface area (Å²) < 4.78 is 50.8. The lowest BCUT2D eigenvalue weighted by atomic mass is 10.0. The van der Waals surface area contributed by atoms with E-state index in [4.69, 9.17) is 9.47 Å². The van der Waals surface area contributed by atoms with Crippen LogP contribution in [-0.4, -0.2) is 62.4 Å². The number of nitrogens with one attached hydrogen (secondary N) is 2. The number of pyridine rings is 1. The molecule has 4 aliphatic rings. The number of fused-ring (bicyclic) bond motifs is 4. The standard InChI is InChI=1S/C17H14N2O3.C14H16F3NO.C2H7N.CH5N/c20-16-4-2-10-14(5-6-18-17(10)19-16)21-9-1-3-13-11(7-9)12-8-15(12)22-13;15-14(16,17)13-8-11(10-19)4-5-12(13)9-18-6-2-1-3-7-18;1-3-2;1-2/h1,3,5-7,12,15H,2,4,8H2,(H,18,19,20);4-5,8,10H,1-3,6-7,9H2;3H,1-2H3;2H2,1H3. The molecule has 7 rings (SSSR count). The van der Waals surface area contributed by atoms with E-state index >= 15 is 0 Å². The summed E-state index contributed by atoms with van der Waals surface area (Å²) in [6, 6.07) is 11.6. The maximum Gasteiger partial charge on any atom is 0.416 e. The van der Waals surface area contributed by atoms with Gasteiger partial charge in [-0.3, -0.25) is 14.5 Å². The van der Waals surface area contributed by atoms with E-state index in [-0.39, 0.29) is 17.0 Å². The Morgan fingerprint density at radius 3 is 2.52 bits per heavy atom. The summed E-state index contributed by atoms with van der Waals surface area (Å²) in [7, 11) is 5.25. The molecule has 2 aromatic carbocycles. The van der Waals surface area contributed by atoms with Crippen LogP contribution in [0.5, 0.6) is 17.2 Å². The molecular weight excluding hydrogens is 599 g/mol. The van der Waals surface area contributed by atoms with Crippen LogP contribution in [0.25, 0.3) is 0 Å². The van der Waals surface area contributed by atoms with Crippen molar-refractivity contribution < 1.29 is 32.2 Å². The zero-order chi connectivity index (χ0) is 33.3. The maximum absolute atomic E-state index is 13.0. The van der Waals surface area contributed by atoms with Gasteiger partial charge < -0.3 is 25.8 Å². The first-order valence-corrected chi connectivity index (χ1v) is 15.5. The van der Waals surface area contributed by atoms with E-state index in [2.05, 4.69) is 27.4 Å². The SMILES string of the molecule is CN.CNC.O=C1CCc2c(Oc3ccc4c(c3)C3CC3O4)ccnc2N1.O=Cc1ccc(CN2CCCCC2)c(C(F)(F)F)c1. The molecular formula is C34H42F3N5O4. The minimum absolute atomic E-state index is 0.00612. The summed E-state index contributed by atoms with van der Waals surface area (Å²) in [6.45, 7) is 1.98. The molecule has 0 bridgehead atoms. The van der Waals surface area contributed by atoms with E-state index in [0.717, 1.165) is 67.7 Å². The molecule has 4 N–H and O–H groups in total. The lowest BCUT2D eigenvalue weighted by Crippen LogP contribution is -2.30. The molecule has 1 saturated heterocycles. The fraction of sp³-hybridized carbons (Fsp3) is 0.441. The molecule has 0 radical (unpaired) electrons. The number of benzene rings is 2. The Kier molecular flexibility index (Phi) is 12.1. The summed E-state index contributed by atoms with van der Waals surface area (Å²) in [5.74, 6) is 3.71. The van der Waals surface area contributed by atoms with E-state index in [1.54, 1.807) is 6.20 Å². The van der Waals surface area contributed by atoms with E-state index in [1.165, 1.54) is 24.7 Å². The number of hydrogen-bond donors (Lipinski definition) is 3. The van der Waals surface area contributed by atoms with Gasteiger partial charge in [0.05, 0.1) is 5.56 Å². The molecule has 3 aliphatic heterocycles. The lowest BCUT2D eigenvalue weighted by molar-refractivity contribution is -0.138. The molecule has 1 saturated carbocycles. The summed E-state index contributed by atoms with van der Waals surface area (Å²) in [4.78, 5) is 28.3.